The highest BCUT2D eigenvalue weighted by Gasteiger charge is 2.00. The molecule has 0 bridgehead atoms. The standard InChI is InChI=1S/C10H10.C8H8.C7H11BrO2/c1-3-9-7-5-6-8-10(9)4-2;1-2-8-6-4-3-5-7-8;1-6(2)7(9)10-5-3-4-8/h3-8H,1-2H2;2-7H,1H2;1,3-5H2,2H3. The van der Waals surface area contributed by atoms with Crippen molar-refractivity contribution in [2.75, 3.05) is 11.9 Å². The molecule has 0 radical (unpaired) electrons. The van der Waals surface area contributed by atoms with E-state index in [1.807, 2.05) is 72.8 Å². The molecule has 0 saturated heterocycles. The van der Waals surface area contributed by atoms with E-state index in [1.165, 1.54) is 5.56 Å². The quantitative estimate of drug-likeness (QED) is 0.197. The lowest BCUT2D eigenvalue weighted by molar-refractivity contribution is -0.138. The Labute approximate surface area is 178 Å². The van der Waals surface area contributed by atoms with Gasteiger partial charge in [-0.2, -0.15) is 0 Å². The van der Waals surface area contributed by atoms with Gasteiger partial charge in [-0.3, -0.25) is 0 Å². The summed E-state index contributed by atoms with van der Waals surface area (Å²) in [5.41, 5.74) is 3.90. The van der Waals surface area contributed by atoms with E-state index >= 15 is 0 Å². The van der Waals surface area contributed by atoms with Gasteiger partial charge in [-0.05, 0) is 30.0 Å². The molecule has 0 aliphatic carbocycles. The number of halogens is 1. The van der Waals surface area contributed by atoms with Crippen LogP contribution < -0.4 is 0 Å². The van der Waals surface area contributed by atoms with Crippen molar-refractivity contribution in [3.63, 3.8) is 0 Å². The monoisotopic (exact) mass is 440 g/mol. The predicted molar refractivity (Wildman–Crippen MR) is 127 cm³/mol. The van der Waals surface area contributed by atoms with Crippen molar-refractivity contribution in [3.05, 3.63) is 103 Å². The number of alkyl halides is 1. The summed E-state index contributed by atoms with van der Waals surface area (Å²) in [6.07, 6.45) is 6.34. The molecule has 0 heterocycles. The van der Waals surface area contributed by atoms with Crippen molar-refractivity contribution in [1.82, 2.24) is 0 Å². The van der Waals surface area contributed by atoms with Crippen molar-refractivity contribution in [1.29, 1.82) is 0 Å². The fourth-order valence-corrected chi connectivity index (χ4v) is 2.04. The zero-order chi connectivity index (χ0) is 21.2. The van der Waals surface area contributed by atoms with Gasteiger partial charge in [0.2, 0.25) is 0 Å². The molecule has 2 aromatic carbocycles. The average Bonchev–Trinajstić information content (AvgIpc) is 2.75. The maximum absolute atomic E-state index is 10.7. The van der Waals surface area contributed by atoms with Crippen molar-refractivity contribution in [3.8, 4) is 0 Å². The van der Waals surface area contributed by atoms with Crippen LogP contribution in [0.3, 0.4) is 0 Å². The first-order chi connectivity index (χ1) is 13.5. The van der Waals surface area contributed by atoms with E-state index < -0.39 is 0 Å². The largest absolute Gasteiger partial charge is 0.462 e. The summed E-state index contributed by atoms with van der Waals surface area (Å²) in [5.74, 6) is -0.305. The van der Waals surface area contributed by atoms with Crippen LogP contribution in [0.5, 0.6) is 0 Å². The zero-order valence-electron chi connectivity index (χ0n) is 16.6. The number of hydrogen-bond acceptors (Lipinski definition) is 2. The SMILES string of the molecule is C=C(C)C(=O)OCCCBr.C=Cc1ccccc1.C=Cc1ccccc1C=C. The Kier molecular flexibility index (Phi) is 15.0. The normalized spacial score (nSPS) is 8.79. The summed E-state index contributed by atoms with van der Waals surface area (Å²) in [7, 11) is 0. The highest BCUT2D eigenvalue weighted by atomic mass is 79.9. The summed E-state index contributed by atoms with van der Waals surface area (Å²) in [6, 6.07) is 18.0. The minimum absolute atomic E-state index is 0.305. The summed E-state index contributed by atoms with van der Waals surface area (Å²) in [4.78, 5) is 10.7. The molecule has 0 aromatic heterocycles. The Bertz CT molecular complexity index is 721. The Morgan fingerprint density at radius 3 is 1.79 bits per heavy atom. The first-order valence-electron chi connectivity index (χ1n) is 8.90. The number of hydrogen-bond donors (Lipinski definition) is 0. The van der Waals surface area contributed by atoms with Crippen LogP contribution in [-0.4, -0.2) is 17.9 Å². The van der Waals surface area contributed by atoms with Gasteiger partial charge in [0.1, 0.15) is 0 Å². The van der Waals surface area contributed by atoms with Crippen LogP contribution in [0, 0.1) is 0 Å². The molecule has 0 aliphatic heterocycles. The molecule has 0 fully saturated rings. The second kappa shape index (κ2) is 16.5. The lowest BCUT2D eigenvalue weighted by Gasteiger charge is -2.00. The lowest BCUT2D eigenvalue weighted by atomic mass is 10.1. The van der Waals surface area contributed by atoms with Gasteiger partial charge < -0.3 is 4.74 Å². The minimum atomic E-state index is -0.305. The van der Waals surface area contributed by atoms with Gasteiger partial charge in [0.15, 0.2) is 0 Å². The van der Waals surface area contributed by atoms with E-state index in [4.69, 9.17) is 4.74 Å². The first kappa shape index (κ1) is 25.4. The average molecular weight is 441 g/mol. The fraction of sp³-hybridized carbons (Fsp3) is 0.160. The van der Waals surface area contributed by atoms with Gasteiger partial charge in [0.25, 0.3) is 0 Å². The Morgan fingerprint density at radius 2 is 1.43 bits per heavy atom. The molecule has 0 unspecified atom stereocenters. The molecule has 0 N–H and O–H groups in total. The third-order valence-corrected chi connectivity index (χ3v) is 3.89. The van der Waals surface area contributed by atoms with E-state index in [0.29, 0.717) is 12.2 Å². The van der Waals surface area contributed by atoms with Crippen molar-refractivity contribution < 1.29 is 9.53 Å². The van der Waals surface area contributed by atoms with Crippen LogP contribution in [0.1, 0.15) is 30.0 Å². The number of carbonyl (C=O) groups excluding carboxylic acids is 1. The summed E-state index contributed by atoms with van der Waals surface area (Å²) < 4.78 is 4.78. The van der Waals surface area contributed by atoms with Gasteiger partial charge in [0.05, 0.1) is 6.61 Å². The van der Waals surface area contributed by atoms with Crippen LogP contribution in [0.15, 0.2) is 86.5 Å². The fourth-order valence-electron chi connectivity index (χ4n) is 1.81. The van der Waals surface area contributed by atoms with Crippen molar-refractivity contribution in [2.45, 2.75) is 13.3 Å². The van der Waals surface area contributed by atoms with Crippen LogP contribution in [-0.2, 0) is 9.53 Å². The van der Waals surface area contributed by atoms with E-state index in [2.05, 4.69) is 42.2 Å². The highest BCUT2D eigenvalue weighted by Crippen LogP contribution is 2.10. The number of benzene rings is 2. The molecule has 0 amide bonds. The van der Waals surface area contributed by atoms with Crippen LogP contribution in [0.4, 0.5) is 0 Å². The zero-order valence-corrected chi connectivity index (χ0v) is 18.2. The molecule has 0 aliphatic rings. The maximum Gasteiger partial charge on any atom is 0.333 e. The number of esters is 1. The van der Waals surface area contributed by atoms with Crippen LogP contribution in [0.2, 0.25) is 0 Å². The molecule has 148 valence electrons. The molecular weight excluding hydrogens is 412 g/mol. The molecule has 2 nitrogen and oxygen atoms in total. The molecule has 28 heavy (non-hydrogen) atoms. The number of carbonyl (C=O) groups is 1. The predicted octanol–water partition coefficient (Wildman–Crippen LogP) is 7.19. The molecule has 3 heteroatoms. The van der Waals surface area contributed by atoms with Crippen molar-refractivity contribution in [2.24, 2.45) is 0 Å². The minimum Gasteiger partial charge on any atom is -0.462 e. The van der Waals surface area contributed by atoms with Crippen LogP contribution >= 0.6 is 15.9 Å². The molecular formula is C25H29BrO2. The first-order valence-corrected chi connectivity index (χ1v) is 10.0. The smallest absolute Gasteiger partial charge is 0.333 e. The van der Waals surface area contributed by atoms with E-state index in [0.717, 1.165) is 22.9 Å². The Hall–Kier alpha value is -2.65. The third kappa shape index (κ3) is 11.9. The molecule has 0 atom stereocenters. The summed E-state index contributed by atoms with van der Waals surface area (Å²) >= 11 is 3.22. The Morgan fingerprint density at radius 1 is 0.929 bits per heavy atom. The molecule has 2 aromatic rings. The molecule has 2 rings (SSSR count). The maximum atomic E-state index is 10.7. The number of ether oxygens (including phenoxy) is 1. The summed E-state index contributed by atoms with van der Waals surface area (Å²) in [5, 5.41) is 0.858. The second-order valence-electron chi connectivity index (χ2n) is 5.61. The van der Waals surface area contributed by atoms with E-state index in [9.17, 15) is 4.79 Å². The molecule has 0 spiro atoms. The highest BCUT2D eigenvalue weighted by molar-refractivity contribution is 9.09. The van der Waals surface area contributed by atoms with Gasteiger partial charge in [-0.1, -0.05) is 115 Å². The Balaban J connectivity index is 0.000000393. The van der Waals surface area contributed by atoms with E-state index in [1.54, 1.807) is 6.92 Å². The summed E-state index contributed by atoms with van der Waals surface area (Å²) in [6.45, 7) is 16.6. The van der Waals surface area contributed by atoms with Gasteiger partial charge in [-0.25, -0.2) is 4.79 Å². The van der Waals surface area contributed by atoms with Crippen LogP contribution in [0.25, 0.3) is 18.2 Å². The lowest BCUT2D eigenvalue weighted by Crippen LogP contribution is -2.06. The van der Waals surface area contributed by atoms with E-state index in [-0.39, 0.29) is 5.97 Å². The van der Waals surface area contributed by atoms with Gasteiger partial charge in [-0.15, -0.1) is 0 Å². The topological polar surface area (TPSA) is 26.3 Å². The van der Waals surface area contributed by atoms with Crippen molar-refractivity contribution >= 4 is 40.1 Å². The number of rotatable bonds is 7. The molecule has 0 saturated carbocycles. The second-order valence-corrected chi connectivity index (χ2v) is 6.40. The third-order valence-electron chi connectivity index (χ3n) is 3.33. The van der Waals surface area contributed by atoms with Gasteiger partial charge in [0, 0.05) is 10.9 Å². The van der Waals surface area contributed by atoms with Gasteiger partial charge >= 0.3 is 5.97 Å².